The van der Waals surface area contributed by atoms with Gasteiger partial charge in [0.2, 0.25) is 0 Å². The summed E-state index contributed by atoms with van der Waals surface area (Å²) in [4.78, 5) is 1.20. The molecular weight excluding hydrogens is 192 g/mol. The Morgan fingerprint density at radius 2 is 2.00 bits per heavy atom. The van der Waals surface area contributed by atoms with Crippen LogP contribution in [0.4, 0.5) is 0 Å². The number of hydrogen-bond acceptors (Lipinski definition) is 2. The van der Waals surface area contributed by atoms with Gasteiger partial charge in [0.05, 0.1) is 17.0 Å². The quantitative estimate of drug-likeness (QED) is 0.678. The molecule has 0 radical (unpaired) electrons. The predicted molar refractivity (Wildman–Crippen MR) is 54.6 cm³/mol. The fourth-order valence-electron chi connectivity index (χ4n) is 1.03. The van der Waals surface area contributed by atoms with Crippen molar-refractivity contribution in [2.75, 3.05) is 7.11 Å². The molecule has 0 aliphatic heterocycles. The van der Waals surface area contributed by atoms with E-state index in [2.05, 4.69) is 20.8 Å². The summed E-state index contributed by atoms with van der Waals surface area (Å²) in [5.41, 5.74) is 0.114. The van der Waals surface area contributed by atoms with Crippen molar-refractivity contribution in [3.8, 4) is 5.75 Å². The van der Waals surface area contributed by atoms with Crippen LogP contribution in [0.25, 0.3) is 0 Å². The van der Waals surface area contributed by atoms with E-state index in [-0.39, 0.29) is 5.41 Å². The maximum absolute atomic E-state index is 5.94. The Labute approximate surface area is 82.3 Å². The Bertz CT molecular complexity index is 273. The molecule has 0 saturated heterocycles. The van der Waals surface area contributed by atoms with Gasteiger partial charge in [-0.15, -0.1) is 11.3 Å². The minimum Gasteiger partial charge on any atom is -0.494 e. The number of ether oxygens (including phenoxy) is 1. The molecule has 0 fully saturated rings. The zero-order valence-corrected chi connectivity index (χ0v) is 9.34. The molecule has 3 heteroatoms. The fourth-order valence-corrected chi connectivity index (χ4v) is 2.38. The molecule has 0 spiro atoms. The standard InChI is InChI=1S/C9H13ClOS/c1-9(2,3)8-7(11-4)6(10)5-12-8/h5H,1-4H3. The van der Waals surface area contributed by atoms with Crippen molar-refractivity contribution in [1.29, 1.82) is 0 Å². The molecule has 68 valence electrons. The van der Waals surface area contributed by atoms with Crippen LogP contribution in [0.5, 0.6) is 5.75 Å². The fraction of sp³-hybridized carbons (Fsp3) is 0.556. The van der Waals surface area contributed by atoms with Crippen molar-refractivity contribution in [2.24, 2.45) is 0 Å². The van der Waals surface area contributed by atoms with Gasteiger partial charge in [0.1, 0.15) is 0 Å². The molecule has 0 aliphatic carbocycles. The molecule has 1 heterocycles. The van der Waals surface area contributed by atoms with E-state index >= 15 is 0 Å². The van der Waals surface area contributed by atoms with Crippen molar-refractivity contribution in [2.45, 2.75) is 26.2 Å². The highest BCUT2D eigenvalue weighted by molar-refractivity contribution is 7.11. The van der Waals surface area contributed by atoms with Crippen LogP contribution in [0.1, 0.15) is 25.6 Å². The largest absolute Gasteiger partial charge is 0.494 e. The first-order valence-electron chi connectivity index (χ1n) is 3.78. The Hall–Kier alpha value is -0.210. The molecule has 0 bridgehead atoms. The lowest BCUT2D eigenvalue weighted by Crippen LogP contribution is -2.09. The third kappa shape index (κ3) is 1.75. The summed E-state index contributed by atoms with van der Waals surface area (Å²) in [6.07, 6.45) is 0. The summed E-state index contributed by atoms with van der Waals surface area (Å²) in [7, 11) is 1.66. The van der Waals surface area contributed by atoms with Gasteiger partial charge >= 0.3 is 0 Å². The Morgan fingerprint density at radius 1 is 1.42 bits per heavy atom. The van der Waals surface area contributed by atoms with Gasteiger partial charge in [-0.2, -0.15) is 0 Å². The Kier molecular flexibility index (Phi) is 2.69. The van der Waals surface area contributed by atoms with Gasteiger partial charge in [0.15, 0.2) is 5.75 Å². The van der Waals surface area contributed by atoms with Crippen LogP contribution in [-0.4, -0.2) is 7.11 Å². The zero-order valence-electron chi connectivity index (χ0n) is 7.77. The summed E-state index contributed by atoms with van der Waals surface area (Å²) in [5.74, 6) is 0.828. The van der Waals surface area contributed by atoms with Crippen molar-refractivity contribution >= 4 is 22.9 Å². The SMILES string of the molecule is COc1c(Cl)csc1C(C)(C)C. The van der Waals surface area contributed by atoms with E-state index in [4.69, 9.17) is 16.3 Å². The second-order valence-corrected chi connectivity index (χ2v) is 4.98. The molecule has 1 nitrogen and oxygen atoms in total. The number of rotatable bonds is 1. The molecule has 1 aromatic heterocycles. The zero-order chi connectivity index (χ0) is 9.35. The molecule has 0 amide bonds. The molecular formula is C9H13ClOS. The van der Waals surface area contributed by atoms with E-state index < -0.39 is 0 Å². The van der Waals surface area contributed by atoms with Gasteiger partial charge in [-0.25, -0.2) is 0 Å². The van der Waals surface area contributed by atoms with Gasteiger partial charge in [-0.05, 0) is 5.41 Å². The van der Waals surface area contributed by atoms with Gasteiger partial charge in [-0.3, -0.25) is 0 Å². The summed E-state index contributed by atoms with van der Waals surface area (Å²) in [6.45, 7) is 6.45. The summed E-state index contributed by atoms with van der Waals surface area (Å²) >= 11 is 7.59. The van der Waals surface area contributed by atoms with Crippen LogP contribution in [0.15, 0.2) is 5.38 Å². The first-order chi connectivity index (χ1) is 5.46. The molecule has 0 aliphatic rings. The van der Waals surface area contributed by atoms with Gasteiger partial charge in [-0.1, -0.05) is 32.4 Å². The smallest absolute Gasteiger partial charge is 0.151 e. The Balaban J connectivity index is 3.16. The molecule has 0 saturated carbocycles. The van der Waals surface area contributed by atoms with E-state index in [0.717, 1.165) is 5.75 Å². The first kappa shape index (κ1) is 9.87. The number of thiophene rings is 1. The maximum Gasteiger partial charge on any atom is 0.151 e. The summed E-state index contributed by atoms with van der Waals surface area (Å²) < 4.78 is 5.22. The Morgan fingerprint density at radius 3 is 2.33 bits per heavy atom. The van der Waals surface area contributed by atoms with Crippen LogP contribution in [-0.2, 0) is 5.41 Å². The van der Waals surface area contributed by atoms with Crippen LogP contribution in [0.2, 0.25) is 5.02 Å². The third-order valence-corrected chi connectivity index (χ3v) is 3.39. The minimum atomic E-state index is 0.114. The maximum atomic E-state index is 5.94. The van der Waals surface area contributed by atoms with E-state index in [1.165, 1.54) is 4.88 Å². The number of methoxy groups -OCH3 is 1. The van der Waals surface area contributed by atoms with E-state index in [9.17, 15) is 0 Å². The monoisotopic (exact) mass is 204 g/mol. The van der Waals surface area contributed by atoms with Crippen molar-refractivity contribution in [1.82, 2.24) is 0 Å². The van der Waals surface area contributed by atoms with E-state index in [1.54, 1.807) is 18.4 Å². The van der Waals surface area contributed by atoms with Crippen LogP contribution in [0.3, 0.4) is 0 Å². The van der Waals surface area contributed by atoms with Crippen LogP contribution >= 0.6 is 22.9 Å². The van der Waals surface area contributed by atoms with Gasteiger partial charge < -0.3 is 4.74 Å². The highest BCUT2D eigenvalue weighted by atomic mass is 35.5. The van der Waals surface area contributed by atoms with Crippen LogP contribution in [0, 0.1) is 0 Å². The average Bonchev–Trinajstić information content (AvgIpc) is 2.29. The van der Waals surface area contributed by atoms with Gasteiger partial charge in [0.25, 0.3) is 0 Å². The number of halogens is 1. The molecule has 0 unspecified atom stereocenters. The highest BCUT2D eigenvalue weighted by Gasteiger charge is 2.22. The molecule has 1 aromatic rings. The van der Waals surface area contributed by atoms with Crippen molar-refractivity contribution in [3.63, 3.8) is 0 Å². The first-order valence-corrected chi connectivity index (χ1v) is 5.04. The van der Waals surface area contributed by atoms with Gasteiger partial charge in [0, 0.05) is 5.38 Å². The topological polar surface area (TPSA) is 9.23 Å². The summed E-state index contributed by atoms with van der Waals surface area (Å²) in [6, 6.07) is 0. The molecule has 0 atom stereocenters. The molecule has 12 heavy (non-hydrogen) atoms. The van der Waals surface area contributed by atoms with Crippen molar-refractivity contribution in [3.05, 3.63) is 15.3 Å². The molecule has 0 aromatic carbocycles. The lowest BCUT2D eigenvalue weighted by molar-refractivity contribution is 0.402. The molecule has 1 rings (SSSR count). The number of hydrogen-bond donors (Lipinski definition) is 0. The van der Waals surface area contributed by atoms with Crippen LogP contribution < -0.4 is 4.74 Å². The highest BCUT2D eigenvalue weighted by Crippen LogP contribution is 2.41. The third-order valence-electron chi connectivity index (χ3n) is 1.59. The lowest BCUT2D eigenvalue weighted by atomic mass is 9.94. The predicted octanol–water partition coefficient (Wildman–Crippen LogP) is 3.71. The summed E-state index contributed by atoms with van der Waals surface area (Å²) in [5, 5.41) is 2.63. The molecule has 0 N–H and O–H groups in total. The second kappa shape index (κ2) is 3.27. The lowest BCUT2D eigenvalue weighted by Gasteiger charge is -2.17. The van der Waals surface area contributed by atoms with Crippen molar-refractivity contribution < 1.29 is 4.74 Å². The normalized spacial score (nSPS) is 11.8. The second-order valence-electron chi connectivity index (χ2n) is 3.70. The minimum absolute atomic E-state index is 0.114. The van der Waals surface area contributed by atoms with E-state index in [1.807, 2.05) is 5.38 Å². The van der Waals surface area contributed by atoms with E-state index in [0.29, 0.717) is 5.02 Å². The average molecular weight is 205 g/mol.